The third-order valence-electron chi connectivity index (χ3n) is 3.06. The number of halogens is 3. The highest BCUT2D eigenvalue weighted by atomic mass is 19.4. The van der Waals surface area contributed by atoms with Gasteiger partial charge in [0.25, 0.3) is 0 Å². The number of alkyl halides is 3. The molecule has 0 aromatic rings. The van der Waals surface area contributed by atoms with Crippen molar-refractivity contribution in [3.63, 3.8) is 0 Å². The quantitative estimate of drug-likeness (QED) is 0.722. The summed E-state index contributed by atoms with van der Waals surface area (Å²) in [6.07, 6.45) is 5.79. The van der Waals surface area contributed by atoms with E-state index in [-0.39, 0.29) is 12.4 Å². The highest BCUT2D eigenvalue weighted by molar-refractivity contribution is 6.13. The zero-order valence-corrected chi connectivity index (χ0v) is 10.7. The molecule has 0 saturated carbocycles. The Morgan fingerprint density at radius 2 is 2.05 bits per heavy atom. The van der Waals surface area contributed by atoms with E-state index in [1.807, 2.05) is 18.2 Å². The molecule has 0 unspecified atom stereocenters. The second-order valence-electron chi connectivity index (χ2n) is 4.40. The number of aliphatic imine (C=N–C) groups is 2. The average molecular weight is 268 g/mol. The minimum Gasteiger partial charge on any atom is -0.260 e. The lowest BCUT2D eigenvalue weighted by atomic mass is 10.0. The first-order chi connectivity index (χ1) is 9.00. The van der Waals surface area contributed by atoms with Crippen LogP contribution < -0.4 is 0 Å². The van der Waals surface area contributed by atoms with Gasteiger partial charge in [-0.15, -0.1) is 0 Å². The third kappa shape index (κ3) is 3.43. The standard InChI is InChI=1S/C14H15F3N2/c1-2-10-5-3-7-11(8-4-6-10)13-18-9-12(19-13)14(15,16)17/h3,5-6,8H,2,4,7,9H2,1H3/b5-3-,10-6-,11-8+. The lowest BCUT2D eigenvalue weighted by molar-refractivity contribution is -0.0592. The first kappa shape index (κ1) is 13.8. The Kier molecular flexibility index (Phi) is 4.02. The molecule has 1 aliphatic heterocycles. The number of amidine groups is 1. The zero-order chi connectivity index (χ0) is 13.9. The summed E-state index contributed by atoms with van der Waals surface area (Å²) >= 11 is 0. The fraction of sp³-hybridized carbons (Fsp3) is 0.429. The molecule has 0 amide bonds. The van der Waals surface area contributed by atoms with E-state index in [9.17, 15) is 13.2 Å². The Balaban J connectivity index is 2.15. The van der Waals surface area contributed by atoms with E-state index in [0.717, 1.165) is 12.0 Å². The number of rotatable bonds is 2. The van der Waals surface area contributed by atoms with Crippen LogP contribution >= 0.6 is 0 Å². The number of nitrogens with zero attached hydrogens (tertiary/aromatic N) is 2. The van der Waals surface area contributed by atoms with E-state index in [2.05, 4.69) is 23.0 Å². The smallest absolute Gasteiger partial charge is 0.260 e. The van der Waals surface area contributed by atoms with E-state index in [1.54, 1.807) is 0 Å². The van der Waals surface area contributed by atoms with Crippen LogP contribution in [0.25, 0.3) is 0 Å². The predicted molar refractivity (Wildman–Crippen MR) is 70.6 cm³/mol. The lowest BCUT2D eigenvalue weighted by Crippen LogP contribution is -2.23. The van der Waals surface area contributed by atoms with Crippen molar-refractivity contribution in [2.75, 3.05) is 6.54 Å². The Morgan fingerprint density at radius 3 is 2.68 bits per heavy atom. The Morgan fingerprint density at radius 1 is 1.26 bits per heavy atom. The van der Waals surface area contributed by atoms with Crippen molar-refractivity contribution in [1.82, 2.24) is 0 Å². The van der Waals surface area contributed by atoms with Gasteiger partial charge in [-0.2, -0.15) is 13.2 Å². The van der Waals surface area contributed by atoms with Crippen LogP contribution in [-0.4, -0.2) is 24.3 Å². The maximum absolute atomic E-state index is 12.5. The van der Waals surface area contributed by atoms with Crippen LogP contribution in [0.4, 0.5) is 13.2 Å². The minimum atomic E-state index is -4.38. The summed E-state index contributed by atoms with van der Waals surface area (Å²) in [4.78, 5) is 7.50. The van der Waals surface area contributed by atoms with E-state index >= 15 is 0 Å². The summed E-state index contributed by atoms with van der Waals surface area (Å²) in [5.74, 6) is 0.227. The monoisotopic (exact) mass is 268 g/mol. The molecule has 1 heterocycles. The summed E-state index contributed by atoms with van der Waals surface area (Å²) in [5.41, 5.74) is 1.20. The SMILES string of the molecule is CCC1=C/C/C=C(/C2=NCC(C(F)(F)F)=N2)C/C=C\1. The van der Waals surface area contributed by atoms with Gasteiger partial charge in [-0.3, -0.25) is 4.99 Å². The molecule has 0 bridgehead atoms. The molecule has 102 valence electrons. The molecular formula is C14H15F3N2. The van der Waals surface area contributed by atoms with Crippen LogP contribution in [0.2, 0.25) is 0 Å². The number of hydrogen-bond donors (Lipinski definition) is 0. The van der Waals surface area contributed by atoms with Gasteiger partial charge in [0, 0.05) is 0 Å². The Hall–Kier alpha value is -1.65. The van der Waals surface area contributed by atoms with Gasteiger partial charge >= 0.3 is 6.18 Å². The van der Waals surface area contributed by atoms with Gasteiger partial charge in [0.2, 0.25) is 0 Å². The van der Waals surface area contributed by atoms with Gasteiger partial charge in [0.1, 0.15) is 5.71 Å². The first-order valence-corrected chi connectivity index (χ1v) is 6.25. The van der Waals surface area contributed by atoms with Crippen LogP contribution in [0, 0.1) is 0 Å². The predicted octanol–water partition coefficient (Wildman–Crippen LogP) is 4.01. The summed E-state index contributed by atoms with van der Waals surface area (Å²) in [6, 6.07) is 0. The maximum atomic E-state index is 12.5. The Labute approximate surface area is 110 Å². The third-order valence-corrected chi connectivity index (χ3v) is 3.06. The highest BCUT2D eigenvalue weighted by Gasteiger charge is 2.37. The molecule has 0 radical (unpaired) electrons. The second-order valence-corrected chi connectivity index (χ2v) is 4.40. The van der Waals surface area contributed by atoms with Gasteiger partial charge in [0.15, 0.2) is 5.84 Å². The van der Waals surface area contributed by atoms with Crippen molar-refractivity contribution in [3.05, 3.63) is 35.5 Å². The van der Waals surface area contributed by atoms with Crippen molar-refractivity contribution in [2.24, 2.45) is 9.98 Å². The van der Waals surface area contributed by atoms with E-state index in [4.69, 9.17) is 0 Å². The average Bonchev–Trinajstić information content (AvgIpc) is 2.78. The number of allylic oxidation sites excluding steroid dienone is 5. The van der Waals surface area contributed by atoms with Gasteiger partial charge in [-0.25, -0.2) is 4.99 Å². The van der Waals surface area contributed by atoms with Crippen LogP contribution in [-0.2, 0) is 0 Å². The molecule has 0 atom stereocenters. The molecule has 2 rings (SSSR count). The lowest BCUT2D eigenvalue weighted by Gasteiger charge is -2.06. The van der Waals surface area contributed by atoms with Crippen LogP contribution in [0.15, 0.2) is 45.4 Å². The largest absolute Gasteiger partial charge is 0.431 e. The normalized spacial score (nSPS) is 27.4. The molecule has 0 saturated heterocycles. The van der Waals surface area contributed by atoms with Crippen molar-refractivity contribution in [2.45, 2.75) is 32.4 Å². The zero-order valence-electron chi connectivity index (χ0n) is 10.7. The molecule has 19 heavy (non-hydrogen) atoms. The Bertz CT molecular complexity index is 505. The topological polar surface area (TPSA) is 24.7 Å². The molecule has 1 aliphatic carbocycles. The molecule has 2 aliphatic rings. The van der Waals surface area contributed by atoms with Crippen LogP contribution in [0.3, 0.4) is 0 Å². The summed E-state index contributed by atoms with van der Waals surface area (Å²) in [7, 11) is 0. The van der Waals surface area contributed by atoms with Crippen molar-refractivity contribution >= 4 is 11.5 Å². The van der Waals surface area contributed by atoms with Gasteiger partial charge in [-0.05, 0) is 24.8 Å². The highest BCUT2D eigenvalue weighted by Crippen LogP contribution is 2.23. The van der Waals surface area contributed by atoms with Crippen LogP contribution in [0.1, 0.15) is 26.2 Å². The second kappa shape index (κ2) is 5.55. The van der Waals surface area contributed by atoms with E-state index in [1.165, 1.54) is 5.57 Å². The maximum Gasteiger partial charge on any atom is 0.431 e. The summed E-state index contributed by atoms with van der Waals surface area (Å²) < 4.78 is 37.5. The molecule has 0 aromatic carbocycles. The summed E-state index contributed by atoms with van der Waals surface area (Å²) in [6.45, 7) is 1.71. The molecule has 5 heteroatoms. The minimum absolute atomic E-state index is 0.227. The molecular weight excluding hydrogens is 253 g/mol. The fourth-order valence-electron chi connectivity index (χ4n) is 1.96. The number of hydrogen-bond acceptors (Lipinski definition) is 2. The fourth-order valence-corrected chi connectivity index (χ4v) is 1.96. The first-order valence-electron chi connectivity index (χ1n) is 6.25. The van der Waals surface area contributed by atoms with Gasteiger partial charge < -0.3 is 0 Å². The van der Waals surface area contributed by atoms with E-state index in [0.29, 0.717) is 12.8 Å². The molecule has 0 spiro atoms. The molecule has 0 N–H and O–H groups in total. The van der Waals surface area contributed by atoms with Crippen molar-refractivity contribution in [3.8, 4) is 0 Å². The van der Waals surface area contributed by atoms with Gasteiger partial charge in [-0.1, -0.05) is 36.8 Å². The summed E-state index contributed by atoms with van der Waals surface area (Å²) in [5, 5.41) is 0. The van der Waals surface area contributed by atoms with Crippen molar-refractivity contribution in [1.29, 1.82) is 0 Å². The van der Waals surface area contributed by atoms with E-state index < -0.39 is 11.9 Å². The molecule has 0 aromatic heterocycles. The molecule has 2 nitrogen and oxygen atoms in total. The van der Waals surface area contributed by atoms with Crippen LogP contribution in [0.5, 0.6) is 0 Å². The van der Waals surface area contributed by atoms with Gasteiger partial charge in [0.05, 0.1) is 6.54 Å². The van der Waals surface area contributed by atoms with Crippen molar-refractivity contribution < 1.29 is 13.2 Å². The molecule has 0 fully saturated rings.